The fourth-order valence-corrected chi connectivity index (χ4v) is 3.56. The topological polar surface area (TPSA) is 102 Å². The van der Waals surface area contributed by atoms with Crippen LogP contribution in [0, 0.1) is 5.92 Å². The van der Waals surface area contributed by atoms with E-state index in [-0.39, 0.29) is 12.3 Å². The van der Waals surface area contributed by atoms with Gasteiger partial charge in [-0.15, -0.1) is 11.3 Å². The molecular formula is C23H26N4O4S. The monoisotopic (exact) mass is 454 g/mol. The van der Waals surface area contributed by atoms with Gasteiger partial charge in [0.1, 0.15) is 5.01 Å². The maximum Gasteiger partial charge on any atom is 0.269 e. The molecule has 3 rings (SSSR count). The summed E-state index contributed by atoms with van der Waals surface area (Å²) in [6.07, 6.45) is 4.37. The zero-order chi connectivity index (χ0) is 22.9. The number of thiazole rings is 1. The van der Waals surface area contributed by atoms with Crippen LogP contribution in [0.2, 0.25) is 0 Å². The Morgan fingerprint density at radius 3 is 2.72 bits per heavy atom. The molecular weight excluding hydrogens is 428 g/mol. The average Bonchev–Trinajstić information content (AvgIpc) is 3.26. The summed E-state index contributed by atoms with van der Waals surface area (Å²) in [5.74, 6) is 0.724. The zero-order valence-electron chi connectivity index (χ0n) is 18.3. The van der Waals surface area contributed by atoms with E-state index >= 15 is 0 Å². The average molecular weight is 455 g/mol. The van der Waals surface area contributed by atoms with Gasteiger partial charge in [0.2, 0.25) is 5.91 Å². The molecule has 1 aromatic carbocycles. The third kappa shape index (κ3) is 6.52. The number of nitrogens with one attached hydrogen (secondary N) is 2. The fourth-order valence-electron chi connectivity index (χ4n) is 2.75. The molecule has 0 aliphatic carbocycles. The number of hydrogen-bond donors (Lipinski definition) is 2. The SMILES string of the molecule is COc1cc(C(=O)NNC(=O)Cc2csc(-c3cccnc3)n2)ccc1OCCC(C)C. The standard InChI is InChI=1S/C23H26N4O4S/c1-15(2)8-10-31-19-7-6-16(11-20(19)30-3)22(29)27-26-21(28)12-18-14-32-23(25-18)17-5-4-9-24-13-17/h4-7,9,11,13-15H,8,10,12H2,1-3H3,(H,26,28)(H,27,29). The number of carbonyl (C=O) groups excluding carboxylic acids is 2. The molecule has 0 atom stereocenters. The van der Waals surface area contributed by atoms with E-state index in [1.54, 1.807) is 30.6 Å². The van der Waals surface area contributed by atoms with Crippen molar-refractivity contribution in [1.82, 2.24) is 20.8 Å². The molecule has 2 aromatic heterocycles. The van der Waals surface area contributed by atoms with Gasteiger partial charge in [-0.2, -0.15) is 0 Å². The van der Waals surface area contributed by atoms with E-state index in [0.29, 0.717) is 35.3 Å². The molecule has 0 radical (unpaired) electrons. The Bertz CT molecular complexity index is 1050. The normalized spacial score (nSPS) is 10.6. The number of pyridine rings is 1. The van der Waals surface area contributed by atoms with E-state index in [9.17, 15) is 9.59 Å². The summed E-state index contributed by atoms with van der Waals surface area (Å²) < 4.78 is 11.1. The van der Waals surface area contributed by atoms with Crippen LogP contribution in [0.15, 0.2) is 48.1 Å². The van der Waals surface area contributed by atoms with Gasteiger partial charge in [0.25, 0.3) is 5.91 Å². The Morgan fingerprint density at radius 1 is 1.16 bits per heavy atom. The number of ether oxygens (including phenoxy) is 2. The Hall–Kier alpha value is -3.46. The highest BCUT2D eigenvalue weighted by Crippen LogP contribution is 2.28. The Kier molecular flexibility index (Phi) is 8.15. The van der Waals surface area contributed by atoms with Crippen molar-refractivity contribution in [1.29, 1.82) is 0 Å². The number of nitrogens with zero attached hydrogens (tertiary/aromatic N) is 2. The summed E-state index contributed by atoms with van der Waals surface area (Å²) in [5, 5.41) is 2.60. The van der Waals surface area contributed by atoms with Crippen molar-refractivity contribution in [3.63, 3.8) is 0 Å². The summed E-state index contributed by atoms with van der Waals surface area (Å²) in [6.45, 7) is 4.81. The predicted molar refractivity (Wildman–Crippen MR) is 123 cm³/mol. The lowest BCUT2D eigenvalue weighted by atomic mass is 10.1. The second-order valence-corrected chi connectivity index (χ2v) is 8.32. The quantitative estimate of drug-likeness (QED) is 0.479. The predicted octanol–water partition coefficient (Wildman–Crippen LogP) is 3.64. The van der Waals surface area contributed by atoms with E-state index in [1.807, 2.05) is 17.5 Å². The number of rotatable bonds is 9. The largest absolute Gasteiger partial charge is 0.493 e. The van der Waals surface area contributed by atoms with Crippen molar-refractivity contribution >= 4 is 23.2 Å². The summed E-state index contributed by atoms with van der Waals surface area (Å²) in [4.78, 5) is 33.2. The first-order valence-electron chi connectivity index (χ1n) is 10.2. The molecule has 9 heteroatoms. The highest BCUT2D eigenvalue weighted by atomic mass is 32.1. The van der Waals surface area contributed by atoms with Crippen molar-refractivity contribution < 1.29 is 19.1 Å². The molecule has 8 nitrogen and oxygen atoms in total. The van der Waals surface area contributed by atoms with E-state index < -0.39 is 5.91 Å². The molecule has 0 aliphatic heterocycles. The number of benzene rings is 1. The fraction of sp³-hybridized carbons (Fsp3) is 0.304. The van der Waals surface area contributed by atoms with Crippen LogP contribution in [0.1, 0.15) is 36.3 Å². The highest BCUT2D eigenvalue weighted by Gasteiger charge is 2.14. The zero-order valence-corrected chi connectivity index (χ0v) is 19.1. The number of amides is 2. The van der Waals surface area contributed by atoms with Gasteiger partial charge in [0.15, 0.2) is 11.5 Å². The van der Waals surface area contributed by atoms with Crippen molar-refractivity contribution in [2.24, 2.45) is 5.92 Å². The molecule has 32 heavy (non-hydrogen) atoms. The van der Waals surface area contributed by atoms with Gasteiger partial charge in [0, 0.05) is 28.9 Å². The molecule has 0 saturated heterocycles. The van der Waals surface area contributed by atoms with Crippen molar-refractivity contribution in [2.75, 3.05) is 13.7 Å². The first-order valence-corrected chi connectivity index (χ1v) is 11.1. The molecule has 0 fully saturated rings. The van der Waals surface area contributed by atoms with E-state index in [1.165, 1.54) is 18.4 Å². The number of carbonyl (C=O) groups is 2. The molecule has 2 amide bonds. The van der Waals surface area contributed by atoms with Gasteiger partial charge < -0.3 is 9.47 Å². The molecule has 0 saturated carbocycles. The van der Waals surface area contributed by atoms with Crippen molar-refractivity contribution in [2.45, 2.75) is 26.7 Å². The second kappa shape index (κ2) is 11.2. The minimum absolute atomic E-state index is 0.0446. The Balaban J connectivity index is 1.52. The Morgan fingerprint density at radius 2 is 2.00 bits per heavy atom. The summed E-state index contributed by atoms with van der Waals surface area (Å²) >= 11 is 1.43. The lowest BCUT2D eigenvalue weighted by Gasteiger charge is -2.13. The molecule has 0 aliphatic rings. The minimum Gasteiger partial charge on any atom is -0.493 e. The van der Waals surface area contributed by atoms with Crippen molar-refractivity contribution in [3.05, 3.63) is 59.4 Å². The van der Waals surface area contributed by atoms with Crippen LogP contribution in [-0.2, 0) is 11.2 Å². The Labute approximate surface area is 191 Å². The number of aromatic nitrogens is 2. The van der Waals surface area contributed by atoms with Crippen LogP contribution in [0.4, 0.5) is 0 Å². The first kappa shape index (κ1) is 23.2. The summed E-state index contributed by atoms with van der Waals surface area (Å²) in [7, 11) is 1.52. The molecule has 168 valence electrons. The summed E-state index contributed by atoms with van der Waals surface area (Å²) in [5.41, 5.74) is 6.68. The van der Waals surface area contributed by atoms with Crippen LogP contribution in [-0.4, -0.2) is 35.5 Å². The van der Waals surface area contributed by atoms with Gasteiger partial charge >= 0.3 is 0 Å². The van der Waals surface area contributed by atoms with Crippen molar-refractivity contribution in [3.8, 4) is 22.1 Å². The van der Waals surface area contributed by atoms with Gasteiger partial charge in [-0.3, -0.25) is 25.4 Å². The summed E-state index contributed by atoms with van der Waals surface area (Å²) in [6, 6.07) is 8.62. The van der Waals surface area contributed by atoms with Crippen LogP contribution < -0.4 is 20.3 Å². The van der Waals surface area contributed by atoms with Crippen LogP contribution in [0.5, 0.6) is 11.5 Å². The molecule has 3 aromatic rings. The smallest absolute Gasteiger partial charge is 0.269 e. The van der Waals surface area contributed by atoms with Gasteiger partial charge in [0.05, 0.1) is 25.8 Å². The lowest BCUT2D eigenvalue weighted by Crippen LogP contribution is -2.42. The van der Waals surface area contributed by atoms with Crippen LogP contribution in [0.3, 0.4) is 0 Å². The maximum absolute atomic E-state index is 12.4. The van der Waals surface area contributed by atoms with E-state index in [2.05, 4.69) is 34.7 Å². The van der Waals surface area contributed by atoms with Gasteiger partial charge in [-0.25, -0.2) is 4.98 Å². The van der Waals surface area contributed by atoms with E-state index in [4.69, 9.17) is 9.47 Å². The minimum atomic E-state index is -0.459. The molecule has 2 heterocycles. The third-order valence-electron chi connectivity index (χ3n) is 4.50. The van der Waals surface area contributed by atoms with Crippen LogP contribution >= 0.6 is 11.3 Å². The number of methoxy groups -OCH3 is 1. The number of hydrazine groups is 1. The molecule has 0 bridgehead atoms. The van der Waals surface area contributed by atoms with Gasteiger partial charge in [-0.1, -0.05) is 13.8 Å². The lowest BCUT2D eigenvalue weighted by molar-refractivity contribution is -0.121. The molecule has 2 N–H and O–H groups in total. The highest BCUT2D eigenvalue weighted by molar-refractivity contribution is 7.13. The maximum atomic E-state index is 12.4. The number of hydrogen-bond acceptors (Lipinski definition) is 7. The van der Waals surface area contributed by atoms with Gasteiger partial charge in [-0.05, 0) is 42.7 Å². The van der Waals surface area contributed by atoms with E-state index in [0.717, 1.165) is 17.0 Å². The van der Waals surface area contributed by atoms with Crippen LogP contribution in [0.25, 0.3) is 10.6 Å². The molecule has 0 unspecified atom stereocenters. The second-order valence-electron chi connectivity index (χ2n) is 7.46. The molecule has 0 spiro atoms. The third-order valence-corrected chi connectivity index (χ3v) is 5.44. The first-order chi connectivity index (χ1) is 15.5.